The molecule has 0 aliphatic carbocycles. The van der Waals surface area contributed by atoms with Gasteiger partial charge >= 0.3 is 0 Å². The summed E-state index contributed by atoms with van der Waals surface area (Å²) in [6, 6.07) is 5.85. The van der Waals surface area contributed by atoms with E-state index in [-0.39, 0.29) is 0 Å². The molecule has 1 saturated heterocycles. The van der Waals surface area contributed by atoms with Crippen molar-refractivity contribution >= 4 is 17.3 Å². The fourth-order valence-corrected chi connectivity index (χ4v) is 2.02. The molecule has 0 amide bonds. The van der Waals surface area contributed by atoms with E-state index in [1.54, 1.807) is 0 Å². The van der Waals surface area contributed by atoms with Crippen molar-refractivity contribution in [3.8, 4) is 0 Å². The van der Waals surface area contributed by atoms with Crippen molar-refractivity contribution in [1.29, 1.82) is 0 Å². The van der Waals surface area contributed by atoms with Crippen molar-refractivity contribution in [3.05, 3.63) is 28.8 Å². The van der Waals surface area contributed by atoms with Gasteiger partial charge in [0, 0.05) is 26.2 Å². The lowest BCUT2D eigenvalue weighted by Crippen LogP contribution is -2.25. The summed E-state index contributed by atoms with van der Waals surface area (Å²) in [6.07, 6.45) is 1.10. The predicted octanol–water partition coefficient (Wildman–Crippen LogP) is 2.14. The van der Waals surface area contributed by atoms with E-state index in [0.29, 0.717) is 10.7 Å². The van der Waals surface area contributed by atoms with Crippen LogP contribution in [0.25, 0.3) is 0 Å². The Morgan fingerprint density at radius 1 is 1.31 bits per heavy atom. The first-order valence-electron chi connectivity index (χ1n) is 5.60. The number of rotatable bonds is 2. The molecule has 0 aromatic heterocycles. The lowest BCUT2D eigenvalue weighted by atomic mass is 10.2. The third kappa shape index (κ3) is 3.11. The van der Waals surface area contributed by atoms with E-state index in [4.69, 9.17) is 22.1 Å². The normalized spacial score (nSPS) is 18.3. The number of anilines is 1. The molecule has 0 spiro atoms. The van der Waals surface area contributed by atoms with Crippen molar-refractivity contribution in [1.82, 2.24) is 4.90 Å². The molecule has 0 bridgehead atoms. The van der Waals surface area contributed by atoms with E-state index in [9.17, 15) is 0 Å². The molecule has 4 heteroatoms. The smallest absolute Gasteiger partial charge is 0.0635 e. The first-order valence-corrected chi connectivity index (χ1v) is 5.97. The van der Waals surface area contributed by atoms with Crippen LogP contribution in [0.5, 0.6) is 0 Å². The molecule has 0 atom stereocenters. The molecule has 1 heterocycles. The standard InChI is InChI=1S/C12H17ClN2O/c13-11-3-2-10(8-12(11)14)9-15-4-1-6-16-7-5-15/h2-3,8H,1,4-7,9,14H2. The molecule has 1 aliphatic rings. The number of halogens is 1. The molecule has 2 rings (SSSR count). The van der Waals surface area contributed by atoms with Gasteiger partial charge in [0.25, 0.3) is 0 Å². The van der Waals surface area contributed by atoms with Gasteiger partial charge < -0.3 is 10.5 Å². The van der Waals surface area contributed by atoms with Crippen molar-refractivity contribution in [3.63, 3.8) is 0 Å². The second-order valence-electron chi connectivity index (χ2n) is 4.10. The maximum Gasteiger partial charge on any atom is 0.0635 e. The van der Waals surface area contributed by atoms with E-state index < -0.39 is 0 Å². The number of nitrogens with two attached hydrogens (primary N) is 1. The monoisotopic (exact) mass is 240 g/mol. The summed E-state index contributed by atoms with van der Waals surface area (Å²) < 4.78 is 5.42. The van der Waals surface area contributed by atoms with Crippen LogP contribution in [0.3, 0.4) is 0 Å². The second kappa shape index (κ2) is 5.53. The number of nitrogen functional groups attached to an aromatic ring is 1. The van der Waals surface area contributed by atoms with Gasteiger partial charge in [-0.1, -0.05) is 17.7 Å². The summed E-state index contributed by atoms with van der Waals surface area (Å²) in [4.78, 5) is 2.38. The van der Waals surface area contributed by atoms with Gasteiger partial charge in [-0.05, 0) is 24.1 Å². The highest BCUT2D eigenvalue weighted by atomic mass is 35.5. The Morgan fingerprint density at radius 3 is 3.00 bits per heavy atom. The van der Waals surface area contributed by atoms with E-state index in [1.807, 2.05) is 18.2 Å². The van der Waals surface area contributed by atoms with Crippen molar-refractivity contribution in [2.24, 2.45) is 0 Å². The molecule has 88 valence electrons. The zero-order valence-electron chi connectivity index (χ0n) is 9.29. The molecule has 1 fully saturated rings. The van der Waals surface area contributed by atoms with Crippen LogP contribution in [0, 0.1) is 0 Å². The van der Waals surface area contributed by atoms with Crippen LogP contribution in [-0.4, -0.2) is 31.2 Å². The Balaban J connectivity index is 1.99. The fraction of sp³-hybridized carbons (Fsp3) is 0.500. The molecule has 16 heavy (non-hydrogen) atoms. The van der Waals surface area contributed by atoms with E-state index in [0.717, 1.165) is 39.3 Å². The SMILES string of the molecule is Nc1cc(CN2CCCOCC2)ccc1Cl. The topological polar surface area (TPSA) is 38.5 Å². The molecule has 2 N–H and O–H groups in total. The molecule has 0 unspecified atom stereocenters. The Morgan fingerprint density at radius 2 is 2.19 bits per heavy atom. The number of nitrogens with zero attached hydrogens (tertiary/aromatic N) is 1. The summed E-state index contributed by atoms with van der Waals surface area (Å²) in [7, 11) is 0. The minimum absolute atomic E-state index is 0.628. The minimum Gasteiger partial charge on any atom is -0.398 e. The Bertz CT molecular complexity index is 349. The van der Waals surface area contributed by atoms with Crippen LogP contribution >= 0.6 is 11.6 Å². The second-order valence-corrected chi connectivity index (χ2v) is 4.51. The largest absolute Gasteiger partial charge is 0.398 e. The van der Waals surface area contributed by atoms with Crippen LogP contribution in [-0.2, 0) is 11.3 Å². The summed E-state index contributed by atoms with van der Waals surface area (Å²) >= 11 is 5.89. The van der Waals surface area contributed by atoms with Gasteiger partial charge in [0.05, 0.1) is 17.3 Å². The van der Waals surface area contributed by atoms with Gasteiger partial charge in [0.1, 0.15) is 0 Å². The number of benzene rings is 1. The summed E-state index contributed by atoms with van der Waals surface area (Å²) in [5, 5.41) is 0.628. The third-order valence-corrected chi connectivity index (χ3v) is 3.13. The molecule has 1 aliphatic heterocycles. The summed E-state index contributed by atoms with van der Waals surface area (Å²) in [5.74, 6) is 0. The van der Waals surface area contributed by atoms with Crippen LogP contribution in [0.15, 0.2) is 18.2 Å². The maximum absolute atomic E-state index is 5.89. The number of hydrogen-bond donors (Lipinski definition) is 1. The molecule has 3 nitrogen and oxygen atoms in total. The van der Waals surface area contributed by atoms with Crippen LogP contribution in [0.2, 0.25) is 5.02 Å². The Hall–Kier alpha value is -0.770. The first-order chi connectivity index (χ1) is 7.75. The lowest BCUT2D eigenvalue weighted by Gasteiger charge is -2.19. The van der Waals surface area contributed by atoms with Crippen LogP contribution < -0.4 is 5.73 Å². The maximum atomic E-state index is 5.89. The van der Waals surface area contributed by atoms with Crippen LogP contribution in [0.1, 0.15) is 12.0 Å². The quantitative estimate of drug-likeness (QED) is 0.805. The molecular formula is C12H17ClN2O. The lowest BCUT2D eigenvalue weighted by molar-refractivity contribution is 0.140. The van der Waals surface area contributed by atoms with Crippen molar-refractivity contribution in [2.45, 2.75) is 13.0 Å². The first kappa shape index (κ1) is 11.7. The van der Waals surface area contributed by atoms with E-state index in [2.05, 4.69) is 4.90 Å². The van der Waals surface area contributed by atoms with Gasteiger partial charge in [-0.3, -0.25) is 4.90 Å². The molecule has 0 radical (unpaired) electrons. The van der Waals surface area contributed by atoms with E-state index >= 15 is 0 Å². The van der Waals surface area contributed by atoms with Crippen molar-refractivity contribution < 1.29 is 4.74 Å². The van der Waals surface area contributed by atoms with Gasteiger partial charge in [0.2, 0.25) is 0 Å². The summed E-state index contributed by atoms with van der Waals surface area (Å²) in [5.41, 5.74) is 7.65. The van der Waals surface area contributed by atoms with Gasteiger partial charge in [-0.2, -0.15) is 0 Å². The van der Waals surface area contributed by atoms with Crippen LogP contribution in [0.4, 0.5) is 5.69 Å². The molecule has 1 aromatic rings. The molecule has 0 saturated carbocycles. The highest BCUT2D eigenvalue weighted by Gasteiger charge is 2.09. The molecular weight excluding hydrogens is 224 g/mol. The highest BCUT2D eigenvalue weighted by molar-refractivity contribution is 6.33. The molecule has 1 aromatic carbocycles. The van der Waals surface area contributed by atoms with E-state index in [1.165, 1.54) is 5.56 Å². The Labute approximate surface area is 101 Å². The minimum atomic E-state index is 0.628. The van der Waals surface area contributed by atoms with Gasteiger partial charge in [0.15, 0.2) is 0 Å². The zero-order chi connectivity index (χ0) is 11.4. The third-order valence-electron chi connectivity index (χ3n) is 2.78. The average Bonchev–Trinajstić information content (AvgIpc) is 2.52. The van der Waals surface area contributed by atoms with Gasteiger partial charge in [-0.25, -0.2) is 0 Å². The predicted molar refractivity (Wildman–Crippen MR) is 66.6 cm³/mol. The van der Waals surface area contributed by atoms with Crippen molar-refractivity contribution in [2.75, 3.05) is 32.0 Å². The zero-order valence-corrected chi connectivity index (χ0v) is 10.0. The highest BCUT2D eigenvalue weighted by Crippen LogP contribution is 2.20. The summed E-state index contributed by atoms with van der Waals surface area (Å²) in [6.45, 7) is 4.69. The average molecular weight is 241 g/mol. The Kier molecular flexibility index (Phi) is 4.04. The fourth-order valence-electron chi connectivity index (χ4n) is 1.91. The number of ether oxygens (including phenoxy) is 1. The van der Waals surface area contributed by atoms with Gasteiger partial charge in [-0.15, -0.1) is 0 Å². The number of hydrogen-bond acceptors (Lipinski definition) is 3.